The molecule has 0 fully saturated rings. The van der Waals surface area contributed by atoms with E-state index in [4.69, 9.17) is 0 Å². The van der Waals surface area contributed by atoms with Crippen LogP contribution in [0.5, 0.6) is 0 Å². The van der Waals surface area contributed by atoms with Crippen LogP contribution in [0.3, 0.4) is 0 Å². The molecule has 1 aromatic heterocycles. The van der Waals surface area contributed by atoms with Crippen molar-refractivity contribution in [1.82, 2.24) is 5.32 Å². The highest BCUT2D eigenvalue weighted by molar-refractivity contribution is 7.11. The van der Waals surface area contributed by atoms with Crippen molar-refractivity contribution in [3.05, 3.63) is 57.8 Å². The average molecular weight is 287 g/mol. The maximum absolute atomic E-state index is 3.78. The number of rotatable bonds is 7. The Hall–Kier alpha value is -1.12. The minimum Gasteiger partial charge on any atom is -0.311 e. The summed E-state index contributed by atoms with van der Waals surface area (Å²) < 4.78 is 0. The van der Waals surface area contributed by atoms with E-state index in [1.54, 1.807) is 0 Å². The Bertz CT molecular complexity index is 503. The van der Waals surface area contributed by atoms with E-state index in [-0.39, 0.29) is 0 Å². The van der Waals surface area contributed by atoms with Gasteiger partial charge in [0.25, 0.3) is 0 Å². The van der Waals surface area contributed by atoms with Gasteiger partial charge >= 0.3 is 0 Å². The quantitative estimate of drug-likeness (QED) is 0.785. The summed E-state index contributed by atoms with van der Waals surface area (Å²) in [5.41, 5.74) is 1.42. The standard InChI is InChI=1S/C18H25NS/c1-4-17(13-16-8-6-5-7-9-16)19-14(2)12-18-11-10-15(3)20-18/h5-11,14,17,19H,4,12-13H2,1-3H3. The first-order chi connectivity index (χ1) is 9.67. The summed E-state index contributed by atoms with van der Waals surface area (Å²) in [4.78, 5) is 2.89. The Morgan fingerprint density at radius 3 is 2.40 bits per heavy atom. The van der Waals surface area contributed by atoms with Gasteiger partial charge in [-0.15, -0.1) is 11.3 Å². The molecule has 1 N–H and O–H groups in total. The average Bonchev–Trinajstić information content (AvgIpc) is 2.84. The second-order valence-electron chi connectivity index (χ2n) is 5.58. The molecule has 2 rings (SSSR count). The SMILES string of the molecule is CCC(Cc1ccccc1)NC(C)Cc1ccc(C)s1. The van der Waals surface area contributed by atoms with Crippen molar-refractivity contribution in [2.75, 3.05) is 0 Å². The van der Waals surface area contributed by atoms with Gasteiger partial charge < -0.3 is 5.32 Å². The number of benzene rings is 1. The third-order valence-corrected chi connectivity index (χ3v) is 4.66. The van der Waals surface area contributed by atoms with Crippen LogP contribution in [0.15, 0.2) is 42.5 Å². The minimum atomic E-state index is 0.529. The predicted molar refractivity (Wildman–Crippen MR) is 89.6 cm³/mol. The van der Waals surface area contributed by atoms with Crippen LogP contribution in [0.2, 0.25) is 0 Å². The molecular weight excluding hydrogens is 262 g/mol. The van der Waals surface area contributed by atoms with Gasteiger partial charge in [-0.3, -0.25) is 0 Å². The fourth-order valence-corrected chi connectivity index (χ4v) is 3.60. The molecule has 2 aromatic rings. The Labute approximate surface area is 127 Å². The number of nitrogens with one attached hydrogen (secondary N) is 1. The molecule has 0 aliphatic rings. The number of thiophene rings is 1. The van der Waals surface area contributed by atoms with Crippen LogP contribution in [0.1, 0.15) is 35.6 Å². The summed E-state index contributed by atoms with van der Waals surface area (Å²) in [5.74, 6) is 0. The molecule has 0 radical (unpaired) electrons. The first kappa shape index (κ1) is 15.3. The van der Waals surface area contributed by atoms with Crippen molar-refractivity contribution in [3.8, 4) is 0 Å². The maximum Gasteiger partial charge on any atom is 0.0107 e. The van der Waals surface area contributed by atoms with Gasteiger partial charge in [0.15, 0.2) is 0 Å². The molecular formula is C18H25NS. The van der Waals surface area contributed by atoms with Gasteiger partial charge in [-0.25, -0.2) is 0 Å². The van der Waals surface area contributed by atoms with Gasteiger partial charge in [0.1, 0.15) is 0 Å². The third kappa shape index (κ3) is 4.77. The van der Waals surface area contributed by atoms with Crippen LogP contribution < -0.4 is 5.32 Å². The number of hydrogen-bond acceptors (Lipinski definition) is 2. The minimum absolute atomic E-state index is 0.529. The van der Waals surface area contributed by atoms with Crippen LogP contribution in [0, 0.1) is 6.92 Å². The van der Waals surface area contributed by atoms with Crippen molar-refractivity contribution in [2.45, 2.75) is 52.1 Å². The van der Waals surface area contributed by atoms with E-state index in [2.05, 4.69) is 68.6 Å². The topological polar surface area (TPSA) is 12.0 Å². The molecule has 1 aromatic carbocycles. The molecule has 0 amide bonds. The first-order valence-electron chi connectivity index (χ1n) is 7.52. The monoisotopic (exact) mass is 287 g/mol. The summed E-state index contributed by atoms with van der Waals surface area (Å²) in [6.45, 7) is 6.74. The maximum atomic E-state index is 3.78. The summed E-state index contributed by atoms with van der Waals surface area (Å²) in [7, 11) is 0. The highest BCUT2D eigenvalue weighted by Crippen LogP contribution is 2.17. The highest BCUT2D eigenvalue weighted by Gasteiger charge is 2.12. The smallest absolute Gasteiger partial charge is 0.0107 e. The Balaban J connectivity index is 1.86. The second kappa shape index (κ2) is 7.61. The van der Waals surface area contributed by atoms with Gasteiger partial charge in [0.2, 0.25) is 0 Å². The molecule has 2 unspecified atom stereocenters. The lowest BCUT2D eigenvalue weighted by molar-refractivity contribution is 0.430. The van der Waals surface area contributed by atoms with Gasteiger partial charge in [0, 0.05) is 21.8 Å². The van der Waals surface area contributed by atoms with Gasteiger partial charge in [-0.1, -0.05) is 37.3 Å². The van der Waals surface area contributed by atoms with Crippen molar-refractivity contribution in [2.24, 2.45) is 0 Å². The van der Waals surface area contributed by atoms with Crippen molar-refractivity contribution in [1.29, 1.82) is 0 Å². The molecule has 0 spiro atoms. The molecule has 0 aliphatic carbocycles. The van der Waals surface area contributed by atoms with Crippen LogP contribution in [-0.2, 0) is 12.8 Å². The third-order valence-electron chi connectivity index (χ3n) is 3.64. The van der Waals surface area contributed by atoms with Crippen LogP contribution >= 0.6 is 11.3 Å². The van der Waals surface area contributed by atoms with E-state index in [9.17, 15) is 0 Å². The predicted octanol–water partition coefficient (Wildman–Crippen LogP) is 4.60. The zero-order valence-corrected chi connectivity index (χ0v) is 13.5. The molecule has 1 heterocycles. The Morgan fingerprint density at radius 2 is 1.80 bits per heavy atom. The second-order valence-corrected chi connectivity index (χ2v) is 6.95. The summed E-state index contributed by atoms with van der Waals surface area (Å²) in [5, 5.41) is 3.78. The molecule has 0 saturated carbocycles. The summed E-state index contributed by atoms with van der Waals surface area (Å²) >= 11 is 1.91. The molecule has 0 aliphatic heterocycles. The molecule has 2 heteroatoms. The van der Waals surface area contributed by atoms with Crippen LogP contribution in [-0.4, -0.2) is 12.1 Å². The van der Waals surface area contributed by atoms with Crippen molar-refractivity contribution in [3.63, 3.8) is 0 Å². The van der Waals surface area contributed by atoms with E-state index >= 15 is 0 Å². The van der Waals surface area contributed by atoms with Gasteiger partial charge in [0.05, 0.1) is 0 Å². The zero-order valence-electron chi connectivity index (χ0n) is 12.7. The molecule has 2 atom stereocenters. The lowest BCUT2D eigenvalue weighted by Crippen LogP contribution is -2.38. The van der Waals surface area contributed by atoms with E-state index < -0.39 is 0 Å². The number of aryl methyl sites for hydroxylation is 1. The Kier molecular flexibility index (Phi) is 5.81. The number of hydrogen-bond donors (Lipinski definition) is 1. The Morgan fingerprint density at radius 1 is 1.05 bits per heavy atom. The molecule has 108 valence electrons. The molecule has 0 bridgehead atoms. The summed E-state index contributed by atoms with van der Waals surface area (Å²) in [6, 6.07) is 16.3. The van der Waals surface area contributed by atoms with E-state index in [1.807, 2.05) is 11.3 Å². The first-order valence-corrected chi connectivity index (χ1v) is 8.34. The normalized spacial score (nSPS) is 14.2. The fraction of sp³-hybridized carbons (Fsp3) is 0.444. The summed E-state index contributed by atoms with van der Waals surface area (Å²) in [6.07, 6.45) is 3.41. The largest absolute Gasteiger partial charge is 0.311 e. The molecule has 20 heavy (non-hydrogen) atoms. The van der Waals surface area contributed by atoms with Gasteiger partial charge in [-0.05, 0) is 50.8 Å². The lowest BCUT2D eigenvalue weighted by Gasteiger charge is -2.22. The highest BCUT2D eigenvalue weighted by atomic mass is 32.1. The van der Waals surface area contributed by atoms with Crippen LogP contribution in [0.4, 0.5) is 0 Å². The van der Waals surface area contributed by atoms with Crippen LogP contribution in [0.25, 0.3) is 0 Å². The molecule has 1 nitrogen and oxygen atoms in total. The lowest BCUT2D eigenvalue weighted by atomic mass is 10.0. The molecule has 0 saturated heterocycles. The zero-order chi connectivity index (χ0) is 14.4. The van der Waals surface area contributed by atoms with E-state index in [1.165, 1.54) is 21.7 Å². The fourth-order valence-electron chi connectivity index (χ4n) is 2.58. The van der Waals surface area contributed by atoms with E-state index in [0.29, 0.717) is 12.1 Å². The van der Waals surface area contributed by atoms with Crippen molar-refractivity contribution < 1.29 is 0 Å². The van der Waals surface area contributed by atoms with Gasteiger partial charge in [-0.2, -0.15) is 0 Å². The van der Waals surface area contributed by atoms with Crippen molar-refractivity contribution >= 4 is 11.3 Å². The van der Waals surface area contributed by atoms with E-state index in [0.717, 1.165) is 12.8 Å².